The Hall–Kier alpha value is -1.71. The molecule has 1 aliphatic carbocycles. The minimum atomic E-state index is -0.904. The molecule has 4 heteroatoms. The van der Waals surface area contributed by atoms with E-state index in [9.17, 15) is 9.90 Å². The van der Waals surface area contributed by atoms with E-state index in [1.807, 2.05) is 0 Å². The van der Waals surface area contributed by atoms with Gasteiger partial charge in [-0.15, -0.1) is 0 Å². The van der Waals surface area contributed by atoms with E-state index in [-0.39, 0.29) is 0 Å². The van der Waals surface area contributed by atoms with Crippen LogP contribution >= 0.6 is 0 Å². The van der Waals surface area contributed by atoms with Crippen molar-refractivity contribution in [3.8, 4) is 0 Å². The predicted octanol–water partition coefficient (Wildman–Crippen LogP) is 3.37. The zero-order valence-electron chi connectivity index (χ0n) is 12.3. The summed E-state index contributed by atoms with van der Waals surface area (Å²) >= 11 is 0. The molecule has 0 saturated heterocycles. The number of hydrogen-bond donors (Lipinski definition) is 2. The van der Waals surface area contributed by atoms with Crippen molar-refractivity contribution in [2.45, 2.75) is 45.6 Å². The Morgan fingerprint density at radius 2 is 2.05 bits per heavy atom. The van der Waals surface area contributed by atoms with Gasteiger partial charge in [-0.05, 0) is 30.9 Å². The summed E-state index contributed by atoms with van der Waals surface area (Å²) in [4.78, 5) is 13.7. The topological polar surface area (TPSA) is 66.6 Å². The molecule has 0 aliphatic heterocycles. The number of aromatic carboxylic acids is 1. The molecule has 1 fully saturated rings. The van der Waals surface area contributed by atoms with Crippen LogP contribution in [0.2, 0.25) is 0 Å². The summed E-state index contributed by atoms with van der Waals surface area (Å²) < 4.78 is 0. The average Bonchev–Trinajstić information content (AvgIpc) is 2.89. The van der Waals surface area contributed by atoms with Gasteiger partial charge in [0.25, 0.3) is 0 Å². The first-order chi connectivity index (χ1) is 9.50. The van der Waals surface area contributed by atoms with E-state index in [2.05, 4.69) is 18.7 Å². The lowest BCUT2D eigenvalue weighted by molar-refractivity contribution is 0.0697. The van der Waals surface area contributed by atoms with Gasteiger partial charge in [0.15, 0.2) is 0 Å². The number of para-hydroxylation sites is 1. The monoisotopic (exact) mass is 276 g/mol. The third kappa shape index (κ3) is 3.06. The second kappa shape index (κ2) is 6.16. The van der Waals surface area contributed by atoms with E-state index < -0.39 is 5.97 Å². The number of rotatable bonds is 5. The van der Waals surface area contributed by atoms with E-state index in [4.69, 9.17) is 5.73 Å². The Labute approximate surface area is 120 Å². The van der Waals surface area contributed by atoms with Gasteiger partial charge in [0.05, 0.1) is 16.9 Å². The molecule has 0 atom stereocenters. The predicted molar refractivity (Wildman–Crippen MR) is 82.3 cm³/mol. The van der Waals surface area contributed by atoms with Crippen LogP contribution in [0.4, 0.5) is 11.4 Å². The Bertz CT molecular complexity index is 479. The first-order valence-corrected chi connectivity index (χ1v) is 7.39. The maximum Gasteiger partial charge on any atom is 0.337 e. The molecule has 1 saturated carbocycles. The van der Waals surface area contributed by atoms with Crippen molar-refractivity contribution in [2.75, 3.05) is 17.2 Å². The Morgan fingerprint density at radius 1 is 1.40 bits per heavy atom. The van der Waals surface area contributed by atoms with Crippen molar-refractivity contribution in [3.05, 3.63) is 23.8 Å². The molecule has 0 aromatic heterocycles. The molecule has 0 radical (unpaired) electrons. The summed E-state index contributed by atoms with van der Waals surface area (Å²) in [6, 6.07) is 5.57. The Balaban J connectivity index is 2.44. The number of nitrogens with zero attached hydrogens (tertiary/aromatic N) is 1. The molecular formula is C16H24N2O2. The van der Waals surface area contributed by atoms with Crippen molar-refractivity contribution >= 4 is 17.3 Å². The standard InChI is InChI=1S/C16H24N2O2/c1-11(2)10-18(12-6-3-4-7-12)15-13(16(19)20)8-5-9-14(15)17/h5,8-9,11-12H,3-4,6-7,10,17H2,1-2H3,(H,19,20). The molecule has 0 bridgehead atoms. The lowest BCUT2D eigenvalue weighted by atomic mass is 10.0. The molecule has 0 heterocycles. The molecular weight excluding hydrogens is 252 g/mol. The summed E-state index contributed by atoms with van der Waals surface area (Å²) in [6.07, 6.45) is 4.68. The molecule has 0 spiro atoms. The van der Waals surface area contributed by atoms with Crippen LogP contribution in [0.25, 0.3) is 0 Å². The smallest absolute Gasteiger partial charge is 0.337 e. The van der Waals surface area contributed by atoms with E-state index in [0.717, 1.165) is 19.4 Å². The normalized spacial score (nSPS) is 15.8. The summed E-state index contributed by atoms with van der Waals surface area (Å²) in [6.45, 7) is 5.15. The molecule has 1 aromatic carbocycles. The summed E-state index contributed by atoms with van der Waals surface area (Å²) in [5.41, 5.74) is 7.69. The van der Waals surface area contributed by atoms with Gasteiger partial charge >= 0.3 is 5.97 Å². The Kier molecular flexibility index (Phi) is 4.53. The largest absolute Gasteiger partial charge is 0.478 e. The lowest BCUT2D eigenvalue weighted by Gasteiger charge is -2.34. The number of nitrogen functional groups attached to an aromatic ring is 1. The molecule has 20 heavy (non-hydrogen) atoms. The van der Waals surface area contributed by atoms with E-state index in [1.165, 1.54) is 12.8 Å². The second-order valence-electron chi connectivity index (χ2n) is 6.03. The summed E-state index contributed by atoms with van der Waals surface area (Å²) in [5, 5.41) is 9.43. The zero-order chi connectivity index (χ0) is 14.7. The third-order valence-electron chi connectivity index (χ3n) is 3.91. The fourth-order valence-electron chi connectivity index (χ4n) is 3.09. The number of carboxylic acid groups (broad SMARTS) is 1. The van der Waals surface area contributed by atoms with E-state index in [0.29, 0.717) is 28.9 Å². The number of carbonyl (C=O) groups is 1. The minimum Gasteiger partial charge on any atom is -0.478 e. The fraction of sp³-hybridized carbons (Fsp3) is 0.562. The van der Waals surface area contributed by atoms with Crippen LogP contribution in [-0.4, -0.2) is 23.7 Å². The molecule has 3 N–H and O–H groups in total. The van der Waals surface area contributed by atoms with Gasteiger partial charge in [-0.1, -0.05) is 32.8 Å². The highest BCUT2D eigenvalue weighted by Crippen LogP contribution is 2.35. The van der Waals surface area contributed by atoms with Crippen molar-refractivity contribution < 1.29 is 9.90 Å². The van der Waals surface area contributed by atoms with Crippen LogP contribution in [-0.2, 0) is 0 Å². The highest BCUT2D eigenvalue weighted by atomic mass is 16.4. The highest BCUT2D eigenvalue weighted by Gasteiger charge is 2.28. The SMILES string of the molecule is CC(C)CN(c1c(N)cccc1C(=O)O)C1CCCC1. The van der Waals surface area contributed by atoms with Gasteiger partial charge in [0.2, 0.25) is 0 Å². The van der Waals surface area contributed by atoms with Crippen LogP contribution in [0.5, 0.6) is 0 Å². The number of benzene rings is 1. The van der Waals surface area contributed by atoms with Crippen LogP contribution in [0.15, 0.2) is 18.2 Å². The maximum absolute atomic E-state index is 11.5. The first-order valence-electron chi connectivity index (χ1n) is 7.39. The summed E-state index contributed by atoms with van der Waals surface area (Å²) in [5.74, 6) is -0.434. The molecule has 0 amide bonds. The molecule has 2 rings (SSSR count). The van der Waals surface area contributed by atoms with Gasteiger partial charge < -0.3 is 15.7 Å². The molecule has 4 nitrogen and oxygen atoms in total. The van der Waals surface area contributed by atoms with Crippen molar-refractivity contribution in [3.63, 3.8) is 0 Å². The van der Waals surface area contributed by atoms with Gasteiger partial charge in [-0.25, -0.2) is 4.79 Å². The first kappa shape index (κ1) is 14.7. The van der Waals surface area contributed by atoms with Crippen molar-refractivity contribution in [1.82, 2.24) is 0 Å². The van der Waals surface area contributed by atoms with Gasteiger partial charge in [0.1, 0.15) is 0 Å². The van der Waals surface area contributed by atoms with Gasteiger partial charge in [-0.3, -0.25) is 0 Å². The molecule has 0 unspecified atom stereocenters. The van der Waals surface area contributed by atoms with Crippen LogP contribution in [0.1, 0.15) is 49.9 Å². The molecule has 110 valence electrons. The number of anilines is 2. The molecule has 1 aliphatic rings. The van der Waals surface area contributed by atoms with E-state index >= 15 is 0 Å². The molecule has 1 aromatic rings. The third-order valence-corrected chi connectivity index (χ3v) is 3.91. The van der Waals surface area contributed by atoms with E-state index in [1.54, 1.807) is 18.2 Å². The maximum atomic E-state index is 11.5. The lowest BCUT2D eigenvalue weighted by Crippen LogP contribution is -2.37. The average molecular weight is 276 g/mol. The number of hydrogen-bond acceptors (Lipinski definition) is 3. The quantitative estimate of drug-likeness (QED) is 0.809. The van der Waals surface area contributed by atoms with Crippen LogP contribution in [0.3, 0.4) is 0 Å². The van der Waals surface area contributed by atoms with Crippen molar-refractivity contribution in [2.24, 2.45) is 5.92 Å². The van der Waals surface area contributed by atoms with Gasteiger partial charge in [0, 0.05) is 12.6 Å². The Morgan fingerprint density at radius 3 is 2.60 bits per heavy atom. The van der Waals surface area contributed by atoms with Crippen LogP contribution < -0.4 is 10.6 Å². The zero-order valence-corrected chi connectivity index (χ0v) is 12.3. The highest BCUT2D eigenvalue weighted by molar-refractivity contribution is 5.98. The van der Waals surface area contributed by atoms with Gasteiger partial charge in [-0.2, -0.15) is 0 Å². The number of carboxylic acids is 1. The summed E-state index contributed by atoms with van der Waals surface area (Å²) in [7, 11) is 0. The second-order valence-corrected chi connectivity index (χ2v) is 6.03. The fourth-order valence-corrected chi connectivity index (χ4v) is 3.09. The van der Waals surface area contributed by atoms with Crippen LogP contribution in [0, 0.1) is 5.92 Å². The van der Waals surface area contributed by atoms with Crippen molar-refractivity contribution in [1.29, 1.82) is 0 Å². The number of nitrogens with two attached hydrogens (primary N) is 1. The minimum absolute atomic E-state index is 0.317.